The van der Waals surface area contributed by atoms with E-state index in [2.05, 4.69) is 31.3 Å². The molecule has 4 nitrogen and oxygen atoms in total. The summed E-state index contributed by atoms with van der Waals surface area (Å²) in [6.45, 7) is 1.86. The quantitative estimate of drug-likeness (QED) is 0.517. The molecule has 3 rings (SSSR count). The van der Waals surface area contributed by atoms with Crippen molar-refractivity contribution in [3.63, 3.8) is 0 Å². The lowest BCUT2D eigenvalue weighted by Crippen LogP contribution is -1.95. The third-order valence-corrected chi connectivity index (χ3v) is 4.09. The van der Waals surface area contributed by atoms with Gasteiger partial charge in [0.1, 0.15) is 5.69 Å². The normalized spacial score (nSPS) is 11.2. The first-order valence-corrected chi connectivity index (χ1v) is 7.80. The van der Waals surface area contributed by atoms with Crippen molar-refractivity contribution in [3.8, 4) is 5.69 Å². The van der Waals surface area contributed by atoms with E-state index in [-0.39, 0.29) is 0 Å². The molecule has 6 heteroatoms. The van der Waals surface area contributed by atoms with Gasteiger partial charge in [-0.25, -0.2) is 4.68 Å². The maximum atomic E-state index is 6.41. The summed E-state index contributed by atoms with van der Waals surface area (Å²) in [5.41, 5.74) is 2.93. The van der Waals surface area contributed by atoms with Crippen LogP contribution in [0.3, 0.4) is 0 Å². The van der Waals surface area contributed by atoms with Crippen molar-refractivity contribution < 1.29 is 0 Å². The van der Waals surface area contributed by atoms with Gasteiger partial charge in [0.2, 0.25) is 0 Å². The Morgan fingerprint density at radius 2 is 1.68 bits per heavy atom. The van der Waals surface area contributed by atoms with Crippen molar-refractivity contribution in [2.24, 2.45) is 10.2 Å². The molecule has 2 aromatic carbocycles. The summed E-state index contributed by atoms with van der Waals surface area (Å²) in [5, 5.41) is 13.4. The van der Waals surface area contributed by atoms with E-state index in [1.807, 2.05) is 61.5 Å². The van der Waals surface area contributed by atoms with Crippen molar-refractivity contribution in [1.29, 1.82) is 0 Å². The highest BCUT2D eigenvalue weighted by atomic mass is 79.9. The van der Waals surface area contributed by atoms with Gasteiger partial charge >= 0.3 is 0 Å². The summed E-state index contributed by atoms with van der Waals surface area (Å²) in [6.07, 6.45) is 0. The highest BCUT2D eigenvalue weighted by Gasteiger charge is 2.14. The Bertz CT molecular complexity index is 827. The molecular weight excluding hydrogens is 364 g/mol. The van der Waals surface area contributed by atoms with Crippen molar-refractivity contribution >= 4 is 38.9 Å². The van der Waals surface area contributed by atoms with Crippen LogP contribution in [-0.2, 0) is 0 Å². The van der Waals surface area contributed by atoms with Crippen LogP contribution in [0.25, 0.3) is 5.69 Å². The maximum Gasteiger partial charge on any atom is 0.160 e. The summed E-state index contributed by atoms with van der Waals surface area (Å²) in [7, 11) is 0. The van der Waals surface area contributed by atoms with Crippen molar-refractivity contribution in [1.82, 2.24) is 9.78 Å². The average Bonchev–Trinajstić information content (AvgIpc) is 2.82. The second-order valence-corrected chi connectivity index (χ2v) is 5.84. The highest BCUT2D eigenvalue weighted by molar-refractivity contribution is 9.10. The summed E-state index contributed by atoms with van der Waals surface area (Å²) >= 11 is 9.85. The first kappa shape index (κ1) is 14.9. The van der Waals surface area contributed by atoms with Crippen LogP contribution in [0.5, 0.6) is 0 Å². The molecule has 0 saturated carbocycles. The molecule has 1 aromatic heterocycles. The molecule has 0 bridgehead atoms. The molecule has 1 heterocycles. The van der Waals surface area contributed by atoms with Crippen molar-refractivity contribution in [2.75, 3.05) is 0 Å². The predicted molar refractivity (Wildman–Crippen MR) is 91.6 cm³/mol. The molecule has 0 saturated heterocycles. The summed E-state index contributed by atoms with van der Waals surface area (Å²) in [6, 6.07) is 17.3. The Hall–Kier alpha value is -1.98. The van der Waals surface area contributed by atoms with Crippen LogP contribution >= 0.6 is 27.5 Å². The smallest absolute Gasteiger partial charge is 0.160 e. The molecule has 0 atom stereocenters. The molecule has 0 aliphatic rings. The number of rotatable bonds is 3. The standard InChI is InChI=1S/C16H12BrClN4/c1-11-15(20-19-14-10-6-5-9-13(14)17)16(18)22(21-11)12-7-3-2-4-8-12/h2-10H,1H3. The van der Waals surface area contributed by atoms with Crippen molar-refractivity contribution in [2.45, 2.75) is 6.92 Å². The number of aromatic nitrogens is 2. The monoisotopic (exact) mass is 374 g/mol. The minimum absolute atomic E-state index is 0.444. The molecule has 0 aliphatic heterocycles. The number of azo groups is 1. The fraction of sp³-hybridized carbons (Fsp3) is 0.0625. The van der Waals surface area contributed by atoms with Crippen LogP contribution in [0, 0.1) is 6.92 Å². The van der Waals surface area contributed by atoms with Gasteiger partial charge in [-0.2, -0.15) is 5.10 Å². The fourth-order valence-corrected chi connectivity index (χ4v) is 2.66. The number of nitrogens with zero attached hydrogens (tertiary/aromatic N) is 4. The minimum atomic E-state index is 0.444. The Kier molecular flexibility index (Phi) is 4.36. The van der Waals surface area contributed by atoms with E-state index in [1.54, 1.807) is 4.68 Å². The number of hydrogen-bond donors (Lipinski definition) is 0. The van der Waals surface area contributed by atoms with E-state index in [0.29, 0.717) is 10.8 Å². The third-order valence-electron chi connectivity index (χ3n) is 3.09. The zero-order chi connectivity index (χ0) is 15.5. The van der Waals surface area contributed by atoms with Gasteiger partial charge in [0, 0.05) is 4.47 Å². The topological polar surface area (TPSA) is 42.5 Å². The summed E-state index contributed by atoms with van der Waals surface area (Å²) < 4.78 is 2.54. The van der Waals surface area contributed by atoms with E-state index >= 15 is 0 Å². The molecule has 0 aliphatic carbocycles. The van der Waals surface area contributed by atoms with E-state index in [1.165, 1.54) is 0 Å². The van der Waals surface area contributed by atoms with Gasteiger partial charge in [0.15, 0.2) is 5.15 Å². The number of halogens is 2. The summed E-state index contributed by atoms with van der Waals surface area (Å²) in [4.78, 5) is 0. The van der Waals surface area contributed by atoms with Gasteiger partial charge < -0.3 is 0 Å². The SMILES string of the molecule is Cc1nn(-c2ccccc2)c(Cl)c1N=Nc1ccccc1Br. The molecule has 22 heavy (non-hydrogen) atoms. The zero-order valence-corrected chi connectivity index (χ0v) is 14.1. The molecule has 110 valence electrons. The predicted octanol–water partition coefficient (Wildman–Crippen LogP) is 6.01. The molecule has 0 unspecified atom stereocenters. The van der Waals surface area contributed by atoms with Gasteiger partial charge in [-0.05, 0) is 47.1 Å². The van der Waals surface area contributed by atoms with Gasteiger partial charge in [-0.1, -0.05) is 41.9 Å². The van der Waals surface area contributed by atoms with Gasteiger partial charge in [0.05, 0.1) is 17.1 Å². The molecule has 0 N–H and O–H groups in total. The summed E-state index contributed by atoms with van der Waals surface area (Å²) in [5.74, 6) is 0. The highest BCUT2D eigenvalue weighted by Crippen LogP contribution is 2.33. The zero-order valence-electron chi connectivity index (χ0n) is 11.7. The Labute approximate surface area is 141 Å². The largest absolute Gasteiger partial charge is 0.220 e. The van der Waals surface area contributed by atoms with Crippen LogP contribution in [0.15, 0.2) is 69.3 Å². The van der Waals surface area contributed by atoms with Crippen LogP contribution in [-0.4, -0.2) is 9.78 Å². The average molecular weight is 376 g/mol. The number of benzene rings is 2. The Balaban J connectivity index is 1.99. The van der Waals surface area contributed by atoms with Gasteiger partial charge in [-0.3, -0.25) is 0 Å². The fourth-order valence-electron chi connectivity index (χ4n) is 1.98. The maximum absolute atomic E-state index is 6.41. The molecule has 0 radical (unpaired) electrons. The number of hydrogen-bond acceptors (Lipinski definition) is 3. The second-order valence-electron chi connectivity index (χ2n) is 4.62. The third kappa shape index (κ3) is 2.96. The molecule has 0 fully saturated rings. The van der Waals surface area contributed by atoms with Crippen LogP contribution in [0.1, 0.15) is 5.69 Å². The van der Waals surface area contributed by atoms with Crippen LogP contribution < -0.4 is 0 Å². The molecular formula is C16H12BrClN4. The minimum Gasteiger partial charge on any atom is -0.220 e. The number of aryl methyl sites for hydroxylation is 1. The first-order chi connectivity index (χ1) is 10.7. The molecule has 0 spiro atoms. The lowest BCUT2D eigenvalue weighted by molar-refractivity contribution is 0.863. The van der Waals surface area contributed by atoms with E-state index in [0.717, 1.165) is 21.5 Å². The van der Waals surface area contributed by atoms with Crippen LogP contribution in [0.4, 0.5) is 11.4 Å². The second kappa shape index (κ2) is 6.42. The van der Waals surface area contributed by atoms with Crippen molar-refractivity contribution in [3.05, 3.63) is 69.9 Å². The molecule has 3 aromatic rings. The van der Waals surface area contributed by atoms with E-state index < -0.39 is 0 Å². The Morgan fingerprint density at radius 1 is 1.00 bits per heavy atom. The lowest BCUT2D eigenvalue weighted by atomic mass is 10.3. The Morgan fingerprint density at radius 3 is 2.41 bits per heavy atom. The van der Waals surface area contributed by atoms with Gasteiger partial charge in [-0.15, -0.1) is 10.2 Å². The number of para-hydroxylation sites is 1. The van der Waals surface area contributed by atoms with Crippen LogP contribution in [0.2, 0.25) is 5.15 Å². The molecule has 0 amide bonds. The lowest BCUT2D eigenvalue weighted by Gasteiger charge is -2.01. The van der Waals surface area contributed by atoms with E-state index in [4.69, 9.17) is 11.6 Å². The first-order valence-electron chi connectivity index (χ1n) is 6.63. The van der Waals surface area contributed by atoms with E-state index in [9.17, 15) is 0 Å². The van der Waals surface area contributed by atoms with Gasteiger partial charge in [0.25, 0.3) is 0 Å².